The first-order chi connectivity index (χ1) is 5.13. The number of carbonyl (C=O) groups excluding carboxylic acids is 1. The Bertz CT molecular complexity index is 130. The van der Waals surface area contributed by atoms with E-state index in [9.17, 15) is 4.79 Å². The third-order valence-electron chi connectivity index (χ3n) is 1.73. The molecular weight excluding hydrogens is 166 g/mol. The molecule has 0 bridgehead atoms. The molecule has 0 aliphatic rings. The molecule has 66 valence electrons. The van der Waals surface area contributed by atoms with Crippen LogP contribution in [0.4, 0.5) is 0 Å². The van der Waals surface area contributed by atoms with Gasteiger partial charge in [-0.05, 0) is 5.92 Å². The summed E-state index contributed by atoms with van der Waals surface area (Å²) >= 11 is 5.19. The fourth-order valence-corrected chi connectivity index (χ4v) is 0.744. The second-order valence-electron chi connectivity index (χ2n) is 2.48. The Morgan fingerprint density at radius 2 is 2.27 bits per heavy atom. The van der Waals surface area contributed by atoms with Gasteiger partial charge in [0.1, 0.15) is 6.04 Å². The van der Waals surface area contributed by atoms with Crippen LogP contribution in [0.5, 0.6) is 0 Å². The number of carbonyl (C=O) groups is 1. The molecule has 3 nitrogen and oxygen atoms in total. The minimum Gasteiger partial charge on any atom is -0.448 e. The topological polar surface area (TPSA) is 52.3 Å². The molecule has 0 fully saturated rings. The van der Waals surface area contributed by atoms with Crippen molar-refractivity contribution in [3.63, 3.8) is 0 Å². The number of nitrogens with two attached hydrogens (primary N) is 1. The summed E-state index contributed by atoms with van der Waals surface area (Å²) < 4.78 is 4.53. The largest absolute Gasteiger partial charge is 0.448 e. The van der Waals surface area contributed by atoms with Gasteiger partial charge in [0.25, 0.3) is 0 Å². The number of halogens is 1. The highest BCUT2D eigenvalue weighted by Crippen LogP contribution is 2.06. The van der Waals surface area contributed by atoms with E-state index in [4.69, 9.17) is 17.3 Å². The zero-order valence-corrected chi connectivity index (χ0v) is 7.60. The van der Waals surface area contributed by atoms with Gasteiger partial charge in [-0.25, -0.2) is 0 Å². The van der Waals surface area contributed by atoms with E-state index in [0.717, 1.165) is 6.42 Å². The highest BCUT2D eigenvalue weighted by Gasteiger charge is 2.20. The van der Waals surface area contributed by atoms with Crippen LogP contribution in [0, 0.1) is 5.92 Å². The molecule has 1 unspecified atom stereocenters. The summed E-state index contributed by atoms with van der Waals surface area (Å²) in [6.07, 6.45) is 0.860. The molecular formula is C7H14ClNO2. The maximum Gasteiger partial charge on any atom is 0.324 e. The lowest BCUT2D eigenvalue weighted by atomic mass is 10.0. The standard InChI is InChI=1S/C7H14ClNO2/c1-3-5(2)6(9)7(10)11-4-8/h5-6H,3-4,9H2,1-2H3/t5?,6-/m0/s1. The van der Waals surface area contributed by atoms with Crippen molar-refractivity contribution in [2.45, 2.75) is 26.3 Å². The Morgan fingerprint density at radius 1 is 1.73 bits per heavy atom. The smallest absolute Gasteiger partial charge is 0.324 e. The number of hydrogen-bond donors (Lipinski definition) is 1. The minimum atomic E-state index is -0.543. The van der Waals surface area contributed by atoms with Crippen LogP contribution in [0.3, 0.4) is 0 Å². The number of rotatable bonds is 4. The second kappa shape index (κ2) is 5.38. The molecule has 0 amide bonds. The number of esters is 1. The van der Waals surface area contributed by atoms with Gasteiger partial charge in [0.15, 0.2) is 6.07 Å². The Kier molecular flexibility index (Phi) is 5.24. The first-order valence-corrected chi connectivity index (χ1v) is 4.15. The second-order valence-corrected chi connectivity index (χ2v) is 2.70. The van der Waals surface area contributed by atoms with Crippen LogP contribution in [-0.2, 0) is 9.53 Å². The summed E-state index contributed by atoms with van der Waals surface area (Å²) in [6, 6.07) is -0.665. The summed E-state index contributed by atoms with van der Waals surface area (Å²) in [5.41, 5.74) is 5.52. The van der Waals surface area contributed by atoms with E-state index in [1.54, 1.807) is 0 Å². The van der Waals surface area contributed by atoms with Crippen molar-refractivity contribution in [2.24, 2.45) is 11.7 Å². The predicted molar refractivity (Wildman–Crippen MR) is 44.2 cm³/mol. The van der Waals surface area contributed by atoms with Crippen molar-refractivity contribution in [3.8, 4) is 0 Å². The van der Waals surface area contributed by atoms with E-state index in [2.05, 4.69) is 4.74 Å². The van der Waals surface area contributed by atoms with Crippen LogP contribution in [0.2, 0.25) is 0 Å². The molecule has 0 aromatic carbocycles. The normalized spacial score (nSPS) is 15.6. The van der Waals surface area contributed by atoms with Gasteiger partial charge in [0.2, 0.25) is 0 Å². The lowest BCUT2D eigenvalue weighted by molar-refractivity contribution is -0.144. The first kappa shape index (κ1) is 10.7. The van der Waals surface area contributed by atoms with Crippen LogP contribution in [0.1, 0.15) is 20.3 Å². The summed E-state index contributed by atoms with van der Waals surface area (Å²) in [7, 11) is 0. The fourth-order valence-electron chi connectivity index (χ4n) is 0.636. The van der Waals surface area contributed by atoms with E-state index in [1.165, 1.54) is 0 Å². The lowest BCUT2D eigenvalue weighted by Crippen LogP contribution is -2.37. The average Bonchev–Trinajstić information content (AvgIpc) is 2.02. The Balaban J connectivity index is 3.80. The van der Waals surface area contributed by atoms with E-state index >= 15 is 0 Å². The Labute approximate surface area is 71.8 Å². The molecule has 0 aromatic rings. The third-order valence-corrected chi connectivity index (χ3v) is 1.84. The van der Waals surface area contributed by atoms with Crippen LogP contribution < -0.4 is 5.73 Å². The lowest BCUT2D eigenvalue weighted by Gasteiger charge is -2.15. The van der Waals surface area contributed by atoms with Crippen LogP contribution in [-0.4, -0.2) is 18.1 Å². The van der Waals surface area contributed by atoms with Gasteiger partial charge in [0, 0.05) is 0 Å². The van der Waals surface area contributed by atoms with Crippen molar-refractivity contribution in [1.82, 2.24) is 0 Å². The Morgan fingerprint density at radius 3 is 2.64 bits per heavy atom. The van der Waals surface area contributed by atoms with Crippen LogP contribution >= 0.6 is 11.6 Å². The van der Waals surface area contributed by atoms with Crippen molar-refractivity contribution >= 4 is 17.6 Å². The summed E-state index contributed by atoms with van der Waals surface area (Å²) in [5, 5.41) is 0. The van der Waals surface area contributed by atoms with Gasteiger partial charge in [-0.3, -0.25) is 4.79 Å². The first-order valence-electron chi connectivity index (χ1n) is 3.61. The van der Waals surface area contributed by atoms with Gasteiger partial charge in [-0.2, -0.15) is 0 Å². The highest BCUT2D eigenvalue weighted by molar-refractivity contribution is 6.17. The molecule has 0 spiro atoms. The van der Waals surface area contributed by atoms with Crippen molar-refractivity contribution < 1.29 is 9.53 Å². The van der Waals surface area contributed by atoms with E-state index in [1.807, 2.05) is 13.8 Å². The van der Waals surface area contributed by atoms with Crippen molar-refractivity contribution in [2.75, 3.05) is 6.07 Å². The molecule has 0 aromatic heterocycles. The van der Waals surface area contributed by atoms with E-state index in [-0.39, 0.29) is 12.0 Å². The van der Waals surface area contributed by atoms with Gasteiger partial charge < -0.3 is 10.5 Å². The number of alkyl halides is 1. The summed E-state index contributed by atoms with van der Waals surface area (Å²) in [4.78, 5) is 10.9. The van der Waals surface area contributed by atoms with Gasteiger partial charge >= 0.3 is 5.97 Å². The Hall–Kier alpha value is -0.280. The monoisotopic (exact) mass is 179 g/mol. The quantitative estimate of drug-likeness (QED) is 0.520. The zero-order chi connectivity index (χ0) is 8.85. The summed E-state index contributed by atoms with van der Waals surface area (Å²) in [6.45, 7) is 3.87. The molecule has 4 heteroatoms. The van der Waals surface area contributed by atoms with E-state index in [0.29, 0.717) is 0 Å². The molecule has 0 saturated carbocycles. The van der Waals surface area contributed by atoms with Gasteiger partial charge in [-0.15, -0.1) is 0 Å². The third kappa shape index (κ3) is 3.58. The highest BCUT2D eigenvalue weighted by atomic mass is 35.5. The molecule has 0 rings (SSSR count). The SMILES string of the molecule is CCC(C)[C@H](N)C(=O)OCCl. The van der Waals surface area contributed by atoms with E-state index < -0.39 is 12.0 Å². The number of ether oxygens (including phenoxy) is 1. The maximum absolute atomic E-state index is 10.9. The fraction of sp³-hybridized carbons (Fsp3) is 0.857. The molecule has 0 heterocycles. The predicted octanol–water partition coefficient (Wildman–Crippen LogP) is 1.10. The molecule has 0 aliphatic carbocycles. The van der Waals surface area contributed by atoms with Crippen molar-refractivity contribution in [3.05, 3.63) is 0 Å². The molecule has 2 N–H and O–H groups in total. The van der Waals surface area contributed by atoms with Crippen LogP contribution in [0.15, 0.2) is 0 Å². The van der Waals surface area contributed by atoms with Gasteiger partial charge in [0.05, 0.1) is 0 Å². The minimum absolute atomic E-state index is 0.122. The molecule has 0 radical (unpaired) electrons. The molecule has 0 saturated heterocycles. The van der Waals surface area contributed by atoms with Crippen LogP contribution in [0.25, 0.3) is 0 Å². The summed E-state index contributed by atoms with van der Waals surface area (Å²) in [5.74, 6) is -0.278. The zero-order valence-electron chi connectivity index (χ0n) is 6.84. The molecule has 2 atom stereocenters. The maximum atomic E-state index is 10.9. The van der Waals surface area contributed by atoms with Gasteiger partial charge in [-0.1, -0.05) is 31.9 Å². The number of hydrogen-bond acceptors (Lipinski definition) is 3. The molecule has 11 heavy (non-hydrogen) atoms. The van der Waals surface area contributed by atoms with Crippen molar-refractivity contribution in [1.29, 1.82) is 0 Å². The average molecular weight is 180 g/mol. The molecule has 0 aliphatic heterocycles.